The van der Waals surface area contributed by atoms with Crippen molar-refractivity contribution >= 4 is 22.7 Å². The van der Waals surface area contributed by atoms with E-state index in [0.29, 0.717) is 17.4 Å². The summed E-state index contributed by atoms with van der Waals surface area (Å²) in [5, 5.41) is 5.84. The van der Waals surface area contributed by atoms with E-state index in [2.05, 4.69) is 27.4 Å². The number of nitrogens with one attached hydrogen (secondary N) is 2. The molecule has 0 unspecified atom stereocenters. The Hall–Kier alpha value is -2.74. The number of hydrogen-bond donors (Lipinski definition) is 2. The molecule has 1 aromatic carbocycles. The lowest BCUT2D eigenvalue weighted by Gasteiger charge is -2.30. The third-order valence-electron chi connectivity index (χ3n) is 5.34. The molecule has 2 aromatic rings. The monoisotopic (exact) mass is 399 g/mol. The molecule has 1 fully saturated rings. The highest BCUT2D eigenvalue weighted by Crippen LogP contribution is 2.15. The fourth-order valence-electron chi connectivity index (χ4n) is 3.49. The Morgan fingerprint density at radius 2 is 1.90 bits per heavy atom. The molecule has 29 heavy (non-hydrogen) atoms. The summed E-state index contributed by atoms with van der Waals surface area (Å²) in [5.74, 6) is 0.187. The number of benzene rings is 1. The van der Waals surface area contributed by atoms with Crippen LogP contribution in [0, 0.1) is 5.92 Å². The third kappa shape index (κ3) is 6.12. The van der Waals surface area contributed by atoms with Crippen LogP contribution in [0.4, 0.5) is 0 Å². The van der Waals surface area contributed by atoms with E-state index in [1.54, 1.807) is 24.3 Å². The largest absolute Gasteiger partial charge is 0.355 e. The van der Waals surface area contributed by atoms with Crippen LogP contribution in [0.15, 0.2) is 35.4 Å². The minimum absolute atomic E-state index is 0.101. The molecule has 2 amide bonds. The molecule has 1 aromatic heterocycles. The van der Waals surface area contributed by atoms with Crippen molar-refractivity contribution in [3.8, 4) is 0 Å². The number of rotatable bonds is 8. The minimum Gasteiger partial charge on any atom is -0.355 e. The molecule has 8 heteroatoms. The Bertz CT molecular complexity index is 903. The summed E-state index contributed by atoms with van der Waals surface area (Å²) in [7, 11) is 0. The fraction of sp³-hybridized carbons (Fsp3) is 0.524. The van der Waals surface area contributed by atoms with Crippen molar-refractivity contribution in [2.45, 2.75) is 32.7 Å². The highest BCUT2D eigenvalue weighted by Gasteiger charge is 2.15. The molecule has 0 saturated carbocycles. The first-order valence-corrected chi connectivity index (χ1v) is 10.2. The van der Waals surface area contributed by atoms with E-state index in [4.69, 9.17) is 0 Å². The number of carbonyl (C=O) groups excluding carboxylic acids is 2. The number of hydrogen-bond acceptors (Lipinski definition) is 5. The van der Waals surface area contributed by atoms with Crippen LogP contribution in [-0.2, 0) is 16.1 Å². The van der Waals surface area contributed by atoms with E-state index in [-0.39, 0.29) is 24.6 Å². The van der Waals surface area contributed by atoms with Gasteiger partial charge >= 0.3 is 0 Å². The van der Waals surface area contributed by atoms with Crippen LogP contribution in [-0.4, -0.2) is 59.0 Å². The molecule has 0 radical (unpaired) electrons. The fourth-order valence-corrected chi connectivity index (χ4v) is 3.49. The minimum atomic E-state index is -0.401. The second-order valence-corrected chi connectivity index (χ2v) is 7.70. The summed E-state index contributed by atoms with van der Waals surface area (Å²) in [6, 6.07) is 6.98. The predicted octanol–water partition coefficient (Wildman–Crippen LogP) is 0.751. The summed E-state index contributed by atoms with van der Waals surface area (Å²) in [4.78, 5) is 43.0. The number of nitrogens with zero attached hydrogens (tertiary/aromatic N) is 3. The number of fused-ring (bicyclic) bond motifs is 1. The van der Waals surface area contributed by atoms with Crippen LogP contribution in [0.5, 0.6) is 0 Å². The molecule has 1 aliphatic rings. The van der Waals surface area contributed by atoms with Gasteiger partial charge in [0.2, 0.25) is 11.8 Å². The van der Waals surface area contributed by atoms with Gasteiger partial charge in [-0.05, 0) is 56.9 Å². The molecule has 0 spiro atoms. The van der Waals surface area contributed by atoms with E-state index in [1.807, 2.05) is 0 Å². The Morgan fingerprint density at radius 3 is 2.69 bits per heavy atom. The summed E-state index contributed by atoms with van der Waals surface area (Å²) >= 11 is 0. The summed E-state index contributed by atoms with van der Waals surface area (Å²) in [6.45, 7) is 5.86. The highest BCUT2D eigenvalue weighted by atomic mass is 16.2. The second-order valence-electron chi connectivity index (χ2n) is 7.70. The Balaban J connectivity index is 1.35. The van der Waals surface area contributed by atoms with Crippen molar-refractivity contribution in [2.75, 3.05) is 32.7 Å². The summed E-state index contributed by atoms with van der Waals surface area (Å²) < 4.78 is 1.25. The standard InChI is InChI=1S/C21H29N5O3/c1-16-7-11-25(12-8-16)10-4-9-22-19(27)13-23-20(28)14-26-15-24-18-6-3-2-5-17(18)21(26)29/h2-3,5-6,15-16H,4,7-14H2,1H3,(H,22,27)(H,23,28). The normalized spacial score (nSPS) is 15.3. The molecule has 0 atom stereocenters. The molecule has 2 N–H and O–H groups in total. The zero-order chi connectivity index (χ0) is 20.6. The second kappa shape index (κ2) is 10.2. The summed E-state index contributed by atoms with van der Waals surface area (Å²) in [5.41, 5.74) is 0.315. The molecular formula is C21H29N5O3. The van der Waals surface area contributed by atoms with E-state index in [0.717, 1.165) is 32.0 Å². The lowest BCUT2D eigenvalue weighted by molar-refractivity contribution is -0.126. The zero-order valence-electron chi connectivity index (χ0n) is 16.9. The topological polar surface area (TPSA) is 96.3 Å². The quantitative estimate of drug-likeness (QED) is 0.639. The van der Waals surface area contributed by atoms with Gasteiger partial charge in [-0.25, -0.2) is 4.98 Å². The van der Waals surface area contributed by atoms with Crippen LogP contribution >= 0.6 is 0 Å². The van der Waals surface area contributed by atoms with E-state index < -0.39 is 5.91 Å². The average Bonchev–Trinajstić information content (AvgIpc) is 2.73. The van der Waals surface area contributed by atoms with Gasteiger partial charge in [-0.2, -0.15) is 0 Å². The van der Waals surface area contributed by atoms with Gasteiger partial charge in [0.1, 0.15) is 6.54 Å². The number of likely N-dealkylation sites (tertiary alicyclic amines) is 1. The Morgan fingerprint density at radius 1 is 1.14 bits per heavy atom. The molecule has 3 rings (SSSR count). The number of para-hydroxylation sites is 1. The zero-order valence-corrected chi connectivity index (χ0v) is 16.9. The van der Waals surface area contributed by atoms with E-state index >= 15 is 0 Å². The molecule has 1 saturated heterocycles. The Kier molecular flexibility index (Phi) is 7.35. The first kappa shape index (κ1) is 21.0. The predicted molar refractivity (Wildman–Crippen MR) is 111 cm³/mol. The van der Waals surface area contributed by atoms with Crippen molar-refractivity contribution in [1.29, 1.82) is 0 Å². The molecule has 8 nitrogen and oxygen atoms in total. The van der Waals surface area contributed by atoms with Gasteiger partial charge in [-0.3, -0.25) is 19.0 Å². The lowest BCUT2D eigenvalue weighted by atomic mass is 9.99. The first-order valence-electron chi connectivity index (χ1n) is 10.2. The molecule has 0 aliphatic carbocycles. The van der Waals surface area contributed by atoms with Crippen LogP contribution in [0.25, 0.3) is 10.9 Å². The van der Waals surface area contributed by atoms with Gasteiger partial charge in [0.15, 0.2) is 0 Å². The summed E-state index contributed by atoms with van der Waals surface area (Å²) in [6.07, 6.45) is 4.74. The van der Waals surface area contributed by atoms with E-state index in [9.17, 15) is 14.4 Å². The third-order valence-corrected chi connectivity index (χ3v) is 5.34. The average molecular weight is 399 g/mol. The van der Waals surface area contributed by atoms with Crippen LogP contribution in [0.1, 0.15) is 26.2 Å². The smallest absolute Gasteiger partial charge is 0.261 e. The molecule has 0 bridgehead atoms. The number of carbonyl (C=O) groups is 2. The maximum absolute atomic E-state index is 12.4. The maximum atomic E-state index is 12.4. The van der Waals surface area contributed by atoms with Crippen molar-refractivity contribution in [3.05, 3.63) is 40.9 Å². The van der Waals surface area contributed by atoms with Crippen LogP contribution in [0.2, 0.25) is 0 Å². The number of aromatic nitrogens is 2. The molecule has 1 aliphatic heterocycles. The van der Waals surface area contributed by atoms with Crippen LogP contribution in [0.3, 0.4) is 0 Å². The number of piperidine rings is 1. The van der Waals surface area contributed by atoms with Crippen molar-refractivity contribution in [3.63, 3.8) is 0 Å². The maximum Gasteiger partial charge on any atom is 0.261 e. The van der Waals surface area contributed by atoms with E-state index in [1.165, 1.54) is 23.7 Å². The van der Waals surface area contributed by atoms with Crippen molar-refractivity contribution in [2.24, 2.45) is 5.92 Å². The number of amides is 2. The first-order chi connectivity index (χ1) is 14.0. The molecular weight excluding hydrogens is 370 g/mol. The van der Waals surface area contributed by atoms with Crippen molar-refractivity contribution < 1.29 is 9.59 Å². The van der Waals surface area contributed by atoms with Gasteiger partial charge in [-0.15, -0.1) is 0 Å². The Labute approximate surface area is 170 Å². The highest BCUT2D eigenvalue weighted by molar-refractivity contribution is 5.84. The van der Waals surface area contributed by atoms with Crippen LogP contribution < -0.4 is 16.2 Å². The lowest BCUT2D eigenvalue weighted by Crippen LogP contribution is -2.40. The van der Waals surface area contributed by atoms with Gasteiger partial charge in [0.25, 0.3) is 5.56 Å². The van der Waals surface area contributed by atoms with Crippen molar-refractivity contribution in [1.82, 2.24) is 25.1 Å². The van der Waals surface area contributed by atoms with Gasteiger partial charge in [0, 0.05) is 6.54 Å². The van der Waals surface area contributed by atoms with Gasteiger partial charge in [0.05, 0.1) is 23.8 Å². The van der Waals surface area contributed by atoms with Gasteiger partial charge < -0.3 is 15.5 Å². The van der Waals surface area contributed by atoms with Gasteiger partial charge in [-0.1, -0.05) is 19.1 Å². The SMILES string of the molecule is CC1CCN(CCCNC(=O)CNC(=O)Cn2cnc3ccccc3c2=O)CC1. The molecule has 2 heterocycles. The molecule has 156 valence electrons.